The molecule has 0 amide bonds. The minimum atomic E-state index is 0.668. The van der Waals surface area contributed by atoms with Crippen LogP contribution in [0.4, 0.5) is 0 Å². The average Bonchev–Trinajstić information content (AvgIpc) is 2.83. The minimum Gasteiger partial charge on any atom is -0.384 e. The molecule has 0 aromatic rings. The third-order valence-corrected chi connectivity index (χ3v) is 2.71. The zero-order chi connectivity index (χ0) is 8.97. The van der Waals surface area contributed by atoms with Crippen LogP contribution in [-0.2, 0) is 4.74 Å². The van der Waals surface area contributed by atoms with Gasteiger partial charge in [-0.25, -0.2) is 0 Å². The smallest absolute Gasteiger partial charge is 0.0490 e. The van der Waals surface area contributed by atoms with Crippen LogP contribution in [0.3, 0.4) is 0 Å². The largest absolute Gasteiger partial charge is 0.384 e. The van der Waals surface area contributed by atoms with E-state index in [4.69, 9.17) is 4.74 Å². The number of hydrogen-bond donors (Lipinski definition) is 1. The Morgan fingerprint density at radius 1 is 1.33 bits per heavy atom. The number of rotatable bonds is 6. The highest BCUT2D eigenvalue weighted by atomic mass is 16.5. The molecule has 2 atom stereocenters. The maximum Gasteiger partial charge on any atom is 0.0490 e. The normalized spacial score (nSPS) is 22.2. The van der Waals surface area contributed by atoms with Crippen molar-refractivity contribution in [3.8, 4) is 0 Å². The topological polar surface area (TPSA) is 21.3 Å². The van der Waals surface area contributed by atoms with Gasteiger partial charge in [0.1, 0.15) is 0 Å². The van der Waals surface area contributed by atoms with Gasteiger partial charge in [0.15, 0.2) is 0 Å². The van der Waals surface area contributed by atoms with E-state index in [1.54, 1.807) is 7.11 Å². The molecule has 1 aliphatic carbocycles. The lowest BCUT2D eigenvalue weighted by molar-refractivity contribution is 0.133. The van der Waals surface area contributed by atoms with E-state index in [2.05, 4.69) is 19.2 Å². The first-order valence-electron chi connectivity index (χ1n) is 4.96. The summed E-state index contributed by atoms with van der Waals surface area (Å²) in [5, 5.41) is 3.54. The van der Waals surface area contributed by atoms with E-state index in [1.807, 2.05) is 0 Å². The Balaban J connectivity index is 2.03. The van der Waals surface area contributed by atoms with Crippen molar-refractivity contribution in [2.45, 2.75) is 32.7 Å². The average molecular weight is 171 g/mol. The fourth-order valence-corrected chi connectivity index (χ4v) is 1.27. The molecule has 1 rings (SSSR count). The van der Waals surface area contributed by atoms with Gasteiger partial charge in [0.25, 0.3) is 0 Å². The molecule has 72 valence electrons. The van der Waals surface area contributed by atoms with Gasteiger partial charge in [-0.15, -0.1) is 0 Å². The quantitative estimate of drug-likeness (QED) is 0.656. The summed E-state index contributed by atoms with van der Waals surface area (Å²) in [6.45, 7) is 6.57. The molecule has 0 bridgehead atoms. The molecule has 0 aliphatic heterocycles. The first-order chi connectivity index (χ1) is 5.74. The Hall–Kier alpha value is -0.0800. The van der Waals surface area contributed by atoms with Crippen LogP contribution in [0.2, 0.25) is 0 Å². The van der Waals surface area contributed by atoms with Crippen molar-refractivity contribution in [3.63, 3.8) is 0 Å². The SMILES string of the molecule is COCC(C)C(C)CNC1CC1. The fraction of sp³-hybridized carbons (Fsp3) is 1.00. The zero-order valence-corrected chi connectivity index (χ0v) is 8.47. The van der Waals surface area contributed by atoms with E-state index in [0.29, 0.717) is 5.92 Å². The van der Waals surface area contributed by atoms with Gasteiger partial charge in [0, 0.05) is 19.8 Å². The van der Waals surface area contributed by atoms with Crippen LogP contribution in [0.5, 0.6) is 0 Å². The van der Waals surface area contributed by atoms with Crippen molar-refractivity contribution in [2.24, 2.45) is 11.8 Å². The van der Waals surface area contributed by atoms with Gasteiger partial charge in [-0.2, -0.15) is 0 Å². The van der Waals surface area contributed by atoms with Crippen molar-refractivity contribution in [2.75, 3.05) is 20.3 Å². The summed E-state index contributed by atoms with van der Waals surface area (Å²) in [5.74, 6) is 1.40. The highest BCUT2D eigenvalue weighted by Gasteiger charge is 2.22. The standard InChI is InChI=1S/C10H21NO/c1-8(9(2)7-12-3)6-11-10-4-5-10/h8-11H,4-7H2,1-3H3. The molecule has 1 saturated carbocycles. The van der Waals surface area contributed by atoms with Gasteiger partial charge in [0.2, 0.25) is 0 Å². The predicted molar refractivity (Wildman–Crippen MR) is 51.2 cm³/mol. The van der Waals surface area contributed by atoms with Gasteiger partial charge >= 0.3 is 0 Å². The summed E-state index contributed by atoms with van der Waals surface area (Å²) in [5.41, 5.74) is 0. The maximum absolute atomic E-state index is 5.12. The van der Waals surface area contributed by atoms with Crippen molar-refractivity contribution >= 4 is 0 Å². The third-order valence-electron chi connectivity index (χ3n) is 2.71. The van der Waals surface area contributed by atoms with Crippen LogP contribution in [0.15, 0.2) is 0 Å². The molecule has 0 saturated heterocycles. The van der Waals surface area contributed by atoms with Crippen LogP contribution >= 0.6 is 0 Å². The van der Waals surface area contributed by atoms with Crippen molar-refractivity contribution < 1.29 is 4.74 Å². The molecular weight excluding hydrogens is 150 g/mol. The molecule has 2 nitrogen and oxygen atoms in total. The van der Waals surface area contributed by atoms with Gasteiger partial charge in [-0.1, -0.05) is 13.8 Å². The maximum atomic E-state index is 5.12. The summed E-state index contributed by atoms with van der Waals surface area (Å²) in [6.07, 6.45) is 2.76. The molecule has 1 N–H and O–H groups in total. The second-order valence-corrected chi connectivity index (χ2v) is 4.09. The van der Waals surface area contributed by atoms with Crippen molar-refractivity contribution in [3.05, 3.63) is 0 Å². The van der Waals surface area contributed by atoms with Crippen LogP contribution in [-0.4, -0.2) is 26.3 Å². The Morgan fingerprint density at radius 2 is 2.00 bits per heavy atom. The monoisotopic (exact) mass is 171 g/mol. The molecule has 1 fully saturated rings. The first-order valence-corrected chi connectivity index (χ1v) is 4.96. The summed E-state index contributed by atoms with van der Waals surface area (Å²) in [7, 11) is 1.78. The Labute approximate surface area is 75.7 Å². The Morgan fingerprint density at radius 3 is 2.50 bits per heavy atom. The van der Waals surface area contributed by atoms with Crippen molar-refractivity contribution in [1.82, 2.24) is 5.32 Å². The lowest BCUT2D eigenvalue weighted by atomic mass is 9.97. The fourth-order valence-electron chi connectivity index (χ4n) is 1.27. The lowest BCUT2D eigenvalue weighted by Crippen LogP contribution is -2.28. The van der Waals surface area contributed by atoms with Crippen LogP contribution in [0.25, 0.3) is 0 Å². The molecule has 2 unspecified atom stereocenters. The molecular formula is C10H21NO. The van der Waals surface area contributed by atoms with Crippen LogP contribution < -0.4 is 5.32 Å². The molecule has 0 aromatic carbocycles. The van der Waals surface area contributed by atoms with E-state index in [0.717, 1.165) is 25.1 Å². The van der Waals surface area contributed by atoms with Gasteiger partial charge in [0.05, 0.1) is 0 Å². The molecule has 0 heterocycles. The number of methoxy groups -OCH3 is 1. The van der Waals surface area contributed by atoms with E-state index >= 15 is 0 Å². The summed E-state index contributed by atoms with van der Waals surface area (Å²) in [4.78, 5) is 0. The molecule has 0 aromatic heterocycles. The lowest BCUT2D eigenvalue weighted by Gasteiger charge is -2.19. The summed E-state index contributed by atoms with van der Waals surface area (Å²) >= 11 is 0. The summed E-state index contributed by atoms with van der Waals surface area (Å²) in [6, 6.07) is 0.835. The predicted octanol–water partition coefficient (Wildman–Crippen LogP) is 1.66. The van der Waals surface area contributed by atoms with E-state index < -0.39 is 0 Å². The highest BCUT2D eigenvalue weighted by Crippen LogP contribution is 2.20. The number of ether oxygens (including phenoxy) is 1. The van der Waals surface area contributed by atoms with E-state index in [9.17, 15) is 0 Å². The van der Waals surface area contributed by atoms with Crippen LogP contribution in [0, 0.1) is 11.8 Å². The van der Waals surface area contributed by atoms with Crippen LogP contribution in [0.1, 0.15) is 26.7 Å². The molecule has 2 heteroatoms. The summed E-state index contributed by atoms with van der Waals surface area (Å²) < 4.78 is 5.12. The Kier molecular flexibility index (Phi) is 4.02. The second-order valence-electron chi connectivity index (χ2n) is 4.09. The van der Waals surface area contributed by atoms with E-state index in [-0.39, 0.29) is 0 Å². The number of hydrogen-bond acceptors (Lipinski definition) is 2. The van der Waals surface area contributed by atoms with Gasteiger partial charge < -0.3 is 10.1 Å². The Bertz CT molecular complexity index is 123. The first kappa shape index (κ1) is 10.0. The second kappa shape index (κ2) is 4.83. The number of nitrogens with one attached hydrogen (secondary N) is 1. The molecule has 0 spiro atoms. The molecule has 12 heavy (non-hydrogen) atoms. The highest BCUT2D eigenvalue weighted by molar-refractivity contribution is 4.81. The third kappa shape index (κ3) is 3.55. The molecule has 0 radical (unpaired) electrons. The molecule has 1 aliphatic rings. The van der Waals surface area contributed by atoms with Gasteiger partial charge in [-0.05, 0) is 31.2 Å². The zero-order valence-electron chi connectivity index (χ0n) is 8.47. The minimum absolute atomic E-state index is 0.668. The van der Waals surface area contributed by atoms with Crippen molar-refractivity contribution in [1.29, 1.82) is 0 Å². The van der Waals surface area contributed by atoms with Gasteiger partial charge in [-0.3, -0.25) is 0 Å². The van der Waals surface area contributed by atoms with E-state index in [1.165, 1.54) is 12.8 Å².